The van der Waals surface area contributed by atoms with E-state index in [0.717, 1.165) is 17.0 Å². The van der Waals surface area contributed by atoms with Crippen LogP contribution in [-0.4, -0.2) is 85.5 Å². The zero-order valence-electron chi connectivity index (χ0n) is 23.9. The van der Waals surface area contributed by atoms with Gasteiger partial charge in [0, 0.05) is 31.8 Å². The number of carbonyl (C=O) groups is 2. The second-order valence-electron chi connectivity index (χ2n) is 10.4. The lowest BCUT2D eigenvalue weighted by molar-refractivity contribution is -0.139. The summed E-state index contributed by atoms with van der Waals surface area (Å²) in [6, 6.07) is 4.30. The van der Waals surface area contributed by atoms with Gasteiger partial charge in [-0.2, -0.15) is 13.2 Å². The van der Waals surface area contributed by atoms with Gasteiger partial charge >= 0.3 is 6.18 Å². The highest BCUT2D eigenvalue weighted by atomic mass is 19.4. The van der Waals surface area contributed by atoms with Crippen LogP contribution in [0.1, 0.15) is 33.2 Å². The standard InChI is InChI=1S/C29H31F5N6O3/c1-16-12-39(3)13-21(31)25(16)38-28(42)19-8-17(9-23-26(19)37-15-40(23)14-29(32,33)34)6-5-7-36-22-10-18(27(41)35-2)20(30)11-24(22)43-4/h8-11,15-16,21,25,36H,7,12-14H2,1-4H3,(H,35,41)(H,38,42)/t16-,21-,25+/m0/s1. The zero-order chi connectivity index (χ0) is 31.5. The second kappa shape index (κ2) is 12.9. The van der Waals surface area contributed by atoms with Gasteiger partial charge in [-0.1, -0.05) is 18.8 Å². The van der Waals surface area contributed by atoms with Gasteiger partial charge in [-0.05, 0) is 31.2 Å². The number of hydrogen-bond donors (Lipinski definition) is 3. The Balaban J connectivity index is 1.64. The van der Waals surface area contributed by atoms with Crippen LogP contribution >= 0.6 is 0 Å². The van der Waals surface area contributed by atoms with E-state index in [-0.39, 0.29) is 58.2 Å². The Morgan fingerprint density at radius 2 is 1.88 bits per heavy atom. The van der Waals surface area contributed by atoms with Crippen LogP contribution in [-0.2, 0) is 6.54 Å². The first-order valence-electron chi connectivity index (χ1n) is 13.3. The van der Waals surface area contributed by atoms with Gasteiger partial charge in [-0.3, -0.25) is 9.59 Å². The summed E-state index contributed by atoms with van der Waals surface area (Å²) >= 11 is 0. The number of aromatic nitrogens is 2. The lowest BCUT2D eigenvalue weighted by atomic mass is 9.92. The van der Waals surface area contributed by atoms with Crippen LogP contribution in [0.4, 0.5) is 27.6 Å². The average molecular weight is 607 g/mol. The lowest BCUT2D eigenvalue weighted by Crippen LogP contribution is -2.56. The van der Waals surface area contributed by atoms with Crippen LogP contribution in [0.3, 0.4) is 0 Å². The minimum Gasteiger partial charge on any atom is -0.494 e. The third kappa shape index (κ3) is 7.34. The van der Waals surface area contributed by atoms with E-state index >= 15 is 0 Å². The molecule has 43 heavy (non-hydrogen) atoms. The molecule has 14 heteroatoms. The first kappa shape index (κ1) is 31.6. The summed E-state index contributed by atoms with van der Waals surface area (Å²) in [5.74, 6) is 3.44. The number of nitrogens with zero attached hydrogens (tertiary/aromatic N) is 3. The molecule has 0 bridgehead atoms. The minimum atomic E-state index is -4.55. The van der Waals surface area contributed by atoms with Gasteiger partial charge in [0.15, 0.2) is 0 Å². The maximum absolute atomic E-state index is 14.8. The van der Waals surface area contributed by atoms with Crippen LogP contribution in [0.2, 0.25) is 0 Å². The van der Waals surface area contributed by atoms with E-state index in [1.807, 2.05) is 11.8 Å². The molecule has 2 amide bonds. The predicted octanol–water partition coefficient (Wildman–Crippen LogP) is 3.59. The molecule has 0 saturated carbocycles. The molecule has 0 radical (unpaired) electrons. The normalized spacial score (nSPS) is 19.0. The van der Waals surface area contributed by atoms with Gasteiger partial charge in [-0.25, -0.2) is 13.8 Å². The molecule has 2 aromatic carbocycles. The van der Waals surface area contributed by atoms with Gasteiger partial charge in [0.1, 0.15) is 29.8 Å². The van der Waals surface area contributed by atoms with Crippen molar-refractivity contribution in [2.75, 3.05) is 46.2 Å². The van der Waals surface area contributed by atoms with Gasteiger partial charge in [0.25, 0.3) is 11.8 Å². The highest BCUT2D eigenvalue weighted by Gasteiger charge is 2.35. The van der Waals surface area contributed by atoms with E-state index in [4.69, 9.17) is 4.74 Å². The number of likely N-dealkylation sites (tertiary alicyclic amines) is 1. The Bertz CT molecular complexity index is 1570. The van der Waals surface area contributed by atoms with Crippen molar-refractivity contribution in [2.24, 2.45) is 5.92 Å². The second-order valence-corrected chi connectivity index (χ2v) is 10.4. The summed E-state index contributed by atoms with van der Waals surface area (Å²) in [7, 11) is 4.47. The van der Waals surface area contributed by atoms with Gasteiger partial charge in [0.2, 0.25) is 0 Å². The number of hydrogen-bond acceptors (Lipinski definition) is 6. The van der Waals surface area contributed by atoms with E-state index in [2.05, 4.69) is 32.8 Å². The quantitative estimate of drug-likeness (QED) is 0.281. The molecule has 0 unspecified atom stereocenters. The van der Waals surface area contributed by atoms with E-state index in [0.29, 0.717) is 6.54 Å². The number of methoxy groups -OCH3 is 1. The van der Waals surface area contributed by atoms with Crippen molar-refractivity contribution in [1.29, 1.82) is 0 Å². The van der Waals surface area contributed by atoms with Crippen molar-refractivity contribution in [3.63, 3.8) is 0 Å². The predicted molar refractivity (Wildman–Crippen MR) is 150 cm³/mol. The maximum atomic E-state index is 14.8. The van der Waals surface area contributed by atoms with Crippen molar-refractivity contribution >= 4 is 28.5 Å². The van der Waals surface area contributed by atoms with Crippen molar-refractivity contribution in [1.82, 2.24) is 25.1 Å². The zero-order valence-corrected chi connectivity index (χ0v) is 23.9. The Morgan fingerprint density at radius 1 is 1.14 bits per heavy atom. The molecular weight excluding hydrogens is 575 g/mol. The molecule has 2 heterocycles. The summed E-state index contributed by atoms with van der Waals surface area (Å²) in [4.78, 5) is 31.2. The number of fused-ring (bicyclic) bond motifs is 1. The van der Waals surface area contributed by atoms with Crippen LogP contribution < -0.4 is 20.7 Å². The Kier molecular flexibility index (Phi) is 9.44. The number of rotatable bonds is 7. The number of nitrogens with one attached hydrogen (secondary N) is 3. The van der Waals surface area contributed by atoms with Gasteiger partial charge in [0.05, 0.1) is 48.4 Å². The molecule has 230 valence electrons. The molecule has 1 saturated heterocycles. The molecule has 1 aromatic heterocycles. The fourth-order valence-corrected chi connectivity index (χ4v) is 5.09. The SMILES string of the molecule is CNC(=O)c1cc(NCC#Cc2cc(C(=O)N[C@@H]3[C@@H](C)CN(C)C[C@@H]3F)c3ncn(CC(F)(F)F)c3c2)c(OC)cc1F. The monoisotopic (exact) mass is 606 g/mol. The molecular formula is C29H31F5N6O3. The molecule has 3 N–H and O–H groups in total. The van der Waals surface area contributed by atoms with Crippen molar-refractivity contribution < 1.29 is 36.3 Å². The molecule has 0 spiro atoms. The summed E-state index contributed by atoms with van der Waals surface area (Å²) in [5.41, 5.74) is 0.305. The van der Waals surface area contributed by atoms with Crippen molar-refractivity contribution in [3.05, 3.63) is 53.1 Å². The summed E-state index contributed by atoms with van der Waals surface area (Å²) in [6.45, 7) is 1.13. The first-order valence-corrected chi connectivity index (χ1v) is 13.3. The van der Waals surface area contributed by atoms with E-state index in [1.54, 1.807) is 7.05 Å². The lowest BCUT2D eigenvalue weighted by Gasteiger charge is -2.37. The van der Waals surface area contributed by atoms with Crippen molar-refractivity contribution in [2.45, 2.75) is 31.9 Å². The third-order valence-corrected chi connectivity index (χ3v) is 7.07. The number of carbonyl (C=O) groups excluding carboxylic acids is 2. The van der Waals surface area contributed by atoms with Crippen LogP contribution in [0, 0.1) is 23.6 Å². The number of alkyl halides is 4. The molecule has 1 fully saturated rings. The first-order chi connectivity index (χ1) is 20.3. The number of benzene rings is 2. The number of piperidine rings is 1. The number of amides is 2. The van der Waals surface area contributed by atoms with Crippen molar-refractivity contribution in [3.8, 4) is 17.6 Å². The van der Waals surface area contributed by atoms with Crippen LogP contribution in [0.15, 0.2) is 30.6 Å². The summed E-state index contributed by atoms with van der Waals surface area (Å²) in [6.07, 6.45) is -4.89. The fourth-order valence-electron chi connectivity index (χ4n) is 5.09. The number of anilines is 1. The Hall–Kier alpha value is -4.38. The Morgan fingerprint density at radius 3 is 2.53 bits per heavy atom. The molecule has 1 aliphatic rings. The molecule has 3 aromatic rings. The van der Waals surface area contributed by atoms with Gasteiger partial charge < -0.3 is 30.2 Å². The van der Waals surface area contributed by atoms with Gasteiger partial charge in [-0.15, -0.1) is 0 Å². The largest absolute Gasteiger partial charge is 0.494 e. The Labute approximate surface area is 244 Å². The number of halogens is 5. The van der Waals surface area contributed by atoms with E-state index in [1.165, 1.54) is 32.4 Å². The molecule has 1 aliphatic heterocycles. The number of ether oxygens (including phenoxy) is 1. The topological polar surface area (TPSA) is 101 Å². The fraction of sp³-hybridized carbons (Fsp3) is 0.414. The highest BCUT2D eigenvalue weighted by molar-refractivity contribution is 6.05. The van der Waals surface area contributed by atoms with E-state index in [9.17, 15) is 31.5 Å². The van der Waals surface area contributed by atoms with E-state index < -0.39 is 42.6 Å². The number of imidazole rings is 1. The molecule has 4 rings (SSSR count). The maximum Gasteiger partial charge on any atom is 0.406 e. The molecule has 0 aliphatic carbocycles. The molecule has 3 atom stereocenters. The third-order valence-electron chi connectivity index (χ3n) is 7.07. The summed E-state index contributed by atoms with van der Waals surface area (Å²) in [5, 5.41) is 7.98. The highest BCUT2D eigenvalue weighted by Crippen LogP contribution is 2.28. The molecule has 9 nitrogen and oxygen atoms in total. The smallest absolute Gasteiger partial charge is 0.406 e. The average Bonchev–Trinajstić information content (AvgIpc) is 3.33. The van der Waals surface area contributed by atoms with Crippen LogP contribution in [0.5, 0.6) is 5.75 Å². The minimum absolute atomic E-state index is 0.0270. The summed E-state index contributed by atoms with van der Waals surface area (Å²) < 4.78 is 74.9. The van der Waals surface area contributed by atoms with Crippen LogP contribution in [0.25, 0.3) is 11.0 Å².